The molecule has 2 unspecified atom stereocenters. The molecule has 0 aliphatic heterocycles. The van der Waals surface area contributed by atoms with E-state index in [9.17, 15) is 18.0 Å². The summed E-state index contributed by atoms with van der Waals surface area (Å²) in [6.07, 6.45) is -2.28. The molecule has 1 aliphatic carbocycles. The number of methoxy groups -OCH3 is 2. The maximum absolute atomic E-state index is 14.4. The third-order valence-electron chi connectivity index (χ3n) is 7.85. The zero-order chi connectivity index (χ0) is 30.7. The van der Waals surface area contributed by atoms with Gasteiger partial charge in [-0.25, -0.2) is 9.97 Å². The van der Waals surface area contributed by atoms with Gasteiger partial charge in [0.1, 0.15) is 17.3 Å². The van der Waals surface area contributed by atoms with E-state index in [4.69, 9.17) is 14.5 Å². The first-order valence-electron chi connectivity index (χ1n) is 13.8. The van der Waals surface area contributed by atoms with Crippen LogP contribution in [0.25, 0.3) is 0 Å². The minimum Gasteiger partial charge on any atom is -0.497 e. The highest BCUT2D eigenvalue weighted by atomic mass is 32.2. The van der Waals surface area contributed by atoms with E-state index in [1.807, 2.05) is 60.4 Å². The number of alkyl halides is 3. The van der Waals surface area contributed by atoms with E-state index in [1.165, 1.54) is 17.8 Å². The molecule has 0 radical (unpaired) electrons. The predicted octanol–water partition coefficient (Wildman–Crippen LogP) is 6.65. The van der Waals surface area contributed by atoms with E-state index in [-0.39, 0.29) is 23.6 Å². The Hall–Kier alpha value is -3.99. The monoisotopic (exact) mass is 610 g/mol. The minimum absolute atomic E-state index is 0.0228. The molecule has 5 rings (SSSR count). The molecule has 1 aliphatic rings. The highest BCUT2D eigenvalue weighted by Crippen LogP contribution is 2.42. The van der Waals surface area contributed by atoms with Crippen LogP contribution in [0.5, 0.6) is 11.5 Å². The van der Waals surface area contributed by atoms with Crippen molar-refractivity contribution in [1.29, 1.82) is 0 Å². The maximum atomic E-state index is 14.4. The van der Waals surface area contributed by atoms with E-state index in [0.717, 1.165) is 17.2 Å². The molecule has 4 aromatic rings. The first-order valence-corrected chi connectivity index (χ1v) is 15.1. The lowest BCUT2D eigenvalue weighted by Crippen LogP contribution is -2.32. The average Bonchev–Trinajstić information content (AvgIpc) is 3.00. The lowest BCUT2D eigenvalue weighted by Gasteiger charge is -2.32. The minimum atomic E-state index is -4.59. The molecule has 2 atom stereocenters. The zero-order valence-corrected chi connectivity index (χ0v) is 25.2. The molecule has 1 N–H and O–H groups in total. The van der Waals surface area contributed by atoms with Crippen LogP contribution >= 0.6 is 11.8 Å². The molecule has 0 bridgehead atoms. The Morgan fingerprint density at radius 3 is 2.00 bits per heavy atom. The van der Waals surface area contributed by atoms with Gasteiger partial charge >= 0.3 is 6.18 Å². The number of aromatic amines is 1. The van der Waals surface area contributed by atoms with Crippen molar-refractivity contribution in [3.63, 3.8) is 0 Å². The summed E-state index contributed by atoms with van der Waals surface area (Å²) in [5.74, 6) is 1.03. The number of pyridine rings is 1. The van der Waals surface area contributed by atoms with Gasteiger partial charge in [0.2, 0.25) is 0 Å². The standard InChI is InChI=1S/C32H33F3N4O3S/c1-19-15-25-27(36-31(43-4)38-30(25)40)16-24(19)29-26(32(33,34)35)13-14-28(37-29)39(17-20-5-9-22(41-2)10-6-20)18-21-7-11-23(42-3)12-8-21/h5-14,19,24H,15-18H2,1-4H3,(H,36,38,40). The van der Waals surface area contributed by atoms with Crippen LogP contribution < -0.4 is 19.9 Å². The van der Waals surface area contributed by atoms with Crippen LogP contribution in [0.3, 0.4) is 0 Å². The third kappa shape index (κ3) is 6.82. The number of anilines is 1. The summed E-state index contributed by atoms with van der Waals surface area (Å²) in [4.78, 5) is 26.7. The van der Waals surface area contributed by atoms with Crippen molar-refractivity contribution in [1.82, 2.24) is 15.0 Å². The van der Waals surface area contributed by atoms with Crippen molar-refractivity contribution in [3.8, 4) is 11.5 Å². The molecule has 0 fully saturated rings. The molecule has 0 amide bonds. The number of H-pyrrole nitrogens is 1. The molecule has 2 heterocycles. The Morgan fingerprint density at radius 1 is 0.907 bits per heavy atom. The van der Waals surface area contributed by atoms with Crippen LogP contribution in [0.2, 0.25) is 0 Å². The smallest absolute Gasteiger partial charge is 0.418 e. The highest BCUT2D eigenvalue weighted by molar-refractivity contribution is 7.98. The Kier molecular flexibility index (Phi) is 9.00. The van der Waals surface area contributed by atoms with Gasteiger partial charge in [-0.05, 0) is 72.5 Å². The second-order valence-corrected chi connectivity index (χ2v) is 11.4. The van der Waals surface area contributed by atoms with Gasteiger partial charge in [-0.2, -0.15) is 13.2 Å². The molecule has 226 valence electrons. The van der Waals surface area contributed by atoms with Gasteiger partial charge in [-0.1, -0.05) is 43.0 Å². The molecule has 7 nitrogen and oxygen atoms in total. The van der Waals surface area contributed by atoms with Crippen LogP contribution in [-0.4, -0.2) is 35.4 Å². The zero-order valence-electron chi connectivity index (χ0n) is 24.4. The van der Waals surface area contributed by atoms with Crippen molar-refractivity contribution >= 4 is 17.6 Å². The molecule has 0 saturated carbocycles. The first-order chi connectivity index (χ1) is 20.6. The molecule has 0 spiro atoms. The number of hydrogen-bond donors (Lipinski definition) is 1. The molecule has 11 heteroatoms. The fraction of sp³-hybridized carbons (Fsp3) is 0.344. The quantitative estimate of drug-likeness (QED) is 0.168. The lowest BCUT2D eigenvalue weighted by molar-refractivity contribution is -0.138. The van der Waals surface area contributed by atoms with Crippen molar-refractivity contribution in [2.75, 3.05) is 25.4 Å². The summed E-state index contributed by atoms with van der Waals surface area (Å²) in [6.45, 7) is 2.69. The van der Waals surface area contributed by atoms with Crippen molar-refractivity contribution in [2.24, 2.45) is 5.92 Å². The van der Waals surface area contributed by atoms with Gasteiger partial charge in [0, 0.05) is 24.6 Å². The molecular formula is C32H33F3N4O3S. The van der Waals surface area contributed by atoms with Gasteiger partial charge in [-0.15, -0.1) is 0 Å². The average molecular weight is 611 g/mol. The van der Waals surface area contributed by atoms with Crippen LogP contribution in [-0.2, 0) is 32.1 Å². The van der Waals surface area contributed by atoms with E-state index >= 15 is 0 Å². The summed E-state index contributed by atoms with van der Waals surface area (Å²) in [5, 5.41) is 0.444. The lowest BCUT2D eigenvalue weighted by atomic mass is 9.76. The summed E-state index contributed by atoms with van der Waals surface area (Å²) in [7, 11) is 3.19. The fourth-order valence-electron chi connectivity index (χ4n) is 5.52. The predicted molar refractivity (Wildman–Crippen MR) is 161 cm³/mol. The summed E-state index contributed by atoms with van der Waals surface area (Å²) >= 11 is 1.29. The first kappa shape index (κ1) is 30.5. The molecule has 43 heavy (non-hydrogen) atoms. The normalized spacial score (nSPS) is 16.4. The third-order valence-corrected chi connectivity index (χ3v) is 8.43. The van der Waals surface area contributed by atoms with Gasteiger partial charge in [-0.3, -0.25) is 4.79 Å². The molecule has 2 aromatic heterocycles. The summed E-state index contributed by atoms with van der Waals surface area (Å²) in [6, 6.07) is 17.7. The Morgan fingerprint density at radius 2 is 1.49 bits per heavy atom. The number of benzene rings is 2. The van der Waals surface area contributed by atoms with Gasteiger partial charge in [0.25, 0.3) is 5.56 Å². The van der Waals surface area contributed by atoms with Gasteiger partial charge < -0.3 is 19.4 Å². The number of rotatable bonds is 9. The number of aromatic nitrogens is 3. The number of nitrogens with zero attached hydrogens (tertiary/aromatic N) is 3. The maximum Gasteiger partial charge on any atom is 0.418 e. The van der Waals surface area contributed by atoms with E-state index in [2.05, 4.69) is 9.97 Å². The van der Waals surface area contributed by atoms with Crippen LogP contribution in [0.15, 0.2) is 70.6 Å². The van der Waals surface area contributed by atoms with Crippen molar-refractivity contribution < 1.29 is 22.6 Å². The Balaban J connectivity index is 1.57. The topological polar surface area (TPSA) is 80.3 Å². The van der Waals surface area contributed by atoms with Crippen LogP contribution in [0.4, 0.5) is 19.0 Å². The van der Waals surface area contributed by atoms with E-state index in [0.29, 0.717) is 53.2 Å². The number of fused-ring (bicyclic) bond motifs is 1. The summed E-state index contributed by atoms with van der Waals surface area (Å²) in [5.41, 5.74) is 1.95. The van der Waals surface area contributed by atoms with E-state index < -0.39 is 17.7 Å². The molecular weight excluding hydrogens is 577 g/mol. The van der Waals surface area contributed by atoms with Crippen molar-refractivity contribution in [2.45, 2.75) is 50.1 Å². The van der Waals surface area contributed by atoms with Crippen molar-refractivity contribution in [3.05, 3.63) is 105 Å². The molecule has 0 saturated heterocycles. The number of thioether (sulfide) groups is 1. The Labute approximate surface area is 252 Å². The number of halogens is 3. The number of ether oxygens (including phenoxy) is 2. The van der Waals surface area contributed by atoms with E-state index in [1.54, 1.807) is 20.5 Å². The fourth-order valence-corrected chi connectivity index (χ4v) is 5.92. The summed E-state index contributed by atoms with van der Waals surface area (Å²) < 4.78 is 53.9. The number of nitrogens with one attached hydrogen (secondary N) is 1. The number of hydrogen-bond acceptors (Lipinski definition) is 7. The largest absolute Gasteiger partial charge is 0.497 e. The second-order valence-electron chi connectivity index (χ2n) is 10.6. The Bertz CT molecular complexity index is 1580. The van der Waals surface area contributed by atoms with Gasteiger partial charge in [0.15, 0.2) is 5.16 Å². The highest BCUT2D eigenvalue weighted by Gasteiger charge is 2.40. The SMILES string of the molecule is COc1ccc(CN(Cc2ccc(OC)cc2)c2ccc(C(F)(F)F)c(C3Cc4nc(SC)[nH]c(=O)c4CC3C)n2)cc1. The van der Waals surface area contributed by atoms with Gasteiger partial charge in [0.05, 0.1) is 31.2 Å². The molecule has 2 aromatic carbocycles. The second kappa shape index (κ2) is 12.7. The van der Waals surface area contributed by atoms with Crippen LogP contribution in [0.1, 0.15) is 46.5 Å². The van der Waals surface area contributed by atoms with Crippen LogP contribution in [0, 0.1) is 5.92 Å².